The number of hydrogen-bond acceptors (Lipinski definition) is 2. The molecule has 2 heteroatoms. The zero-order valence-electron chi connectivity index (χ0n) is 9.63. The van der Waals surface area contributed by atoms with Gasteiger partial charge in [0.2, 0.25) is 0 Å². The Hall–Kier alpha value is -0.0800. The van der Waals surface area contributed by atoms with Crippen molar-refractivity contribution in [2.75, 3.05) is 19.8 Å². The number of rotatable bonds is 9. The van der Waals surface area contributed by atoms with Crippen molar-refractivity contribution in [2.45, 2.75) is 52.1 Å². The third kappa shape index (κ3) is 5.61. The highest BCUT2D eigenvalue weighted by Gasteiger charge is 2.25. The van der Waals surface area contributed by atoms with Gasteiger partial charge in [0.25, 0.3) is 0 Å². The first-order valence-electron chi connectivity index (χ1n) is 6.06. The predicted molar refractivity (Wildman–Crippen MR) is 58.5 cm³/mol. The molecule has 0 aromatic carbocycles. The average molecular weight is 200 g/mol. The normalized spacial score (nSPS) is 22.3. The van der Waals surface area contributed by atoms with E-state index in [0.717, 1.165) is 19.8 Å². The van der Waals surface area contributed by atoms with Gasteiger partial charge in [0.05, 0.1) is 12.7 Å². The van der Waals surface area contributed by atoms with Crippen molar-refractivity contribution in [3.8, 4) is 0 Å². The van der Waals surface area contributed by atoms with E-state index in [1.54, 1.807) is 0 Å². The van der Waals surface area contributed by atoms with E-state index in [2.05, 4.69) is 13.8 Å². The molecule has 1 aliphatic rings. The van der Waals surface area contributed by atoms with Crippen molar-refractivity contribution >= 4 is 0 Å². The van der Waals surface area contributed by atoms with Crippen LogP contribution in [0.15, 0.2) is 0 Å². The molecule has 1 aliphatic heterocycles. The molecule has 1 saturated heterocycles. The standard InChI is InChI=1S/C12H24O2/c1-3-5-6-7-13-9-11(4-2)8-12-10-14-12/h11-12H,3-10H2,1-2H3. The van der Waals surface area contributed by atoms with Gasteiger partial charge in [-0.3, -0.25) is 0 Å². The first kappa shape index (κ1) is 12.0. The lowest BCUT2D eigenvalue weighted by atomic mass is 10.0. The minimum absolute atomic E-state index is 0.555. The van der Waals surface area contributed by atoms with Gasteiger partial charge in [-0.05, 0) is 18.8 Å². The minimum atomic E-state index is 0.555. The number of unbranched alkanes of at least 4 members (excludes halogenated alkanes) is 2. The van der Waals surface area contributed by atoms with Gasteiger partial charge in [0.15, 0.2) is 0 Å². The fourth-order valence-corrected chi connectivity index (χ4v) is 1.63. The average Bonchev–Trinajstić information content (AvgIpc) is 2.99. The lowest BCUT2D eigenvalue weighted by Gasteiger charge is -2.13. The Bertz CT molecular complexity index is 132. The molecule has 14 heavy (non-hydrogen) atoms. The predicted octanol–water partition coefficient (Wildman–Crippen LogP) is 3.01. The lowest BCUT2D eigenvalue weighted by molar-refractivity contribution is 0.0888. The van der Waals surface area contributed by atoms with Crippen molar-refractivity contribution < 1.29 is 9.47 Å². The third-order valence-electron chi connectivity index (χ3n) is 2.82. The zero-order chi connectivity index (χ0) is 10.2. The van der Waals surface area contributed by atoms with E-state index in [9.17, 15) is 0 Å². The van der Waals surface area contributed by atoms with Crippen LogP contribution >= 0.6 is 0 Å². The topological polar surface area (TPSA) is 21.8 Å². The van der Waals surface area contributed by atoms with Gasteiger partial charge in [-0.25, -0.2) is 0 Å². The molecule has 1 rings (SSSR count). The molecule has 1 fully saturated rings. The van der Waals surface area contributed by atoms with Crippen LogP contribution in [0.25, 0.3) is 0 Å². The number of ether oxygens (including phenoxy) is 2. The second kappa shape index (κ2) is 7.24. The highest BCUT2D eigenvalue weighted by molar-refractivity contribution is 4.73. The van der Waals surface area contributed by atoms with Crippen LogP contribution in [-0.2, 0) is 9.47 Å². The smallest absolute Gasteiger partial charge is 0.0813 e. The molecule has 0 amide bonds. The van der Waals surface area contributed by atoms with Crippen LogP contribution in [0.3, 0.4) is 0 Å². The summed E-state index contributed by atoms with van der Waals surface area (Å²) >= 11 is 0. The summed E-state index contributed by atoms with van der Waals surface area (Å²) in [6.45, 7) is 7.31. The Balaban J connectivity index is 1.90. The summed E-state index contributed by atoms with van der Waals surface area (Å²) in [6, 6.07) is 0. The first-order valence-corrected chi connectivity index (χ1v) is 6.06. The Morgan fingerprint density at radius 2 is 2.14 bits per heavy atom. The van der Waals surface area contributed by atoms with Gasteiger partial charge >= 0.3 is 0 Å². The fraction of sp³-hybridized carbons (Fsp3) is 1.00. The van der Waals surface area contributed by atoms with Crippen molar-refractivity contribution in [3.63, 3.8) is 0 Å². The highest BCUT2D eigenvalue weighted by Crippen LogP contribution is 2.21. The number of epoxide rings is 1. The van der Waals surface area contributed by atoms with E-state index in [0.29, 0.717) is 12.0 Å². The van der Waals surface area contributed by atoms with Crippen molar-refractivity contribution in [3.05, 3.63) is 0 Å². The maximum Gasteiger partial charge on any atom is 0.0813 e. The van der Waals surface area contributed by atoms with E-state index < -0.39 is 0 Å². The monoisotopic (exact) mass is 200 g/mol. The Labute approximate surface area is 88.0 Å². The van der Waals surface area contributed by atoms with Crippen molar-refractivity contribution in [2.24, 2.45) is 5.92 Å². The van der Waals surface area contributed by atoms with Gasteiger partial charge in [0.1, 0.15) is 0 Å². The molecule has 2 unspecified atom stereocenters. The molecular weight excluding hydrogens is 176 g/mol. The van der Waals surface area contributed by atoms with Crippen LogP contribution in [0, 0.1) is 5.92 Å². The van der Waals surface area contributed by atoms with Crippen LogP contribution < -0.4 is 0 Å². The summed E-state index contributed by atoms with van der Waals surface area (Å²) in [5, 5.41) is 0. The quantitative estimate of drug-likeness (QED) is 0.421. The molecule has 0 bridgehead atoms. The summed E-state index contributed by atoms with van der Waals surface area (Å²) in [5.74, 6) is 0.712. The van der Waals surface area contributed by atoms with Crippen LogP contribution in [0.2, 0.25) is 0 Å². The van der Waals surface area contributed by atoms with E-state index in [1.165, 1.54) is 32.1 Å². The summed E-state index contributed by atoms with van der Waals surface area (Å²) in [5.41, 5.74) is 0. The Kier molecular flexibility index (Phi) is 6.20. The van der Waals surface area contributed by atoms with Gasteiger partial charge < -0.3 is 9.47 Å². The van der Waals surface area contributed by atoms with E-state index in [-0.39, 0.29) is 0 Å². The van der Waals surface area contributed by atoms with Crippen LogP contribution in [0.1, 0.15) is 46.0 Å². The van der Waals surface area contributed by atoms with Gasteiger partial charge in [0, 0.05) is 13.2 Å². The van der Waals surface area contributed by atoms with Crippen LogP contribution in [0.4, 0.5) is 0 Å². The van der Waals surface area contributed by atoms with Gasteiger partial charge in [-0.2, -0.15) is 0 Å². The summed E-state index contributed by atoms with van der Waals surface area (Å²) < 4.78 is 10.9. The molecular formula is C12H24O2. The van der Waals surface area contributed by atoms with Gasteiger partial charge in [-0.15, -0.1) is 0 Å². The van der Waals surface area contributed by atoms with Crippen molar-refractivity contribution in [1.82, 2.24) is 0 Å². The molecule has 0 radical (unpaired) electrons. The summed E-state index contributed by atoms with van der Waals surface area (Å²) in [6.07, 6.45) is 6.75. The van der Waals surface area contributed by atoms with E-state index in [1.807, 2.05) is 0 Å². The molecule has 2 nitrogen and oxygen atoms in total. The summed E-state index contributed by atoms with van der Waals surface area (Å²) in [7, 11) is 0. The minimum Gasteiger partial charge on any atom is -0.381 e. The Morgan fingerprint density at radius 1 is 1.36 bits per heavy atom. The highest BCUT2D eigenvalue weighted by atomic mass is 16.6. The molecule has 0 aliphatic carbocycles. The molecule has 2 atom stereocenters. The van der Waals surface area contributed by atoms with E-state index >= 15 is 0 Å². The molecule has 0 aromatic heterocycles. The van der Waals surface area contributed by atoms with Crippen molar-refractivity contribution in [1.29, 1.82) is 0 Å². The molecule has 0 spiro atoms. The largest absolute Gasteiger partial charge is 0.381 e. The third-order valence-corrected chi connectivity index (χ3v) is 2.82. The van der Waals surface area contributed by atoms with Crippen LogP contribution in [-0.4, -0.2) is 25.9 Å². The van der Waals surface area contributed by atoms with Gasteiger partial charge in [-0.1, -0.05) is 33.1 Å². The molecule has 0 saturated carbocycles. The Morgan fingerprint density at radius 3 is 2.71 bits per heavy atom. The van der Waals surface area contributed by atoms with E-state index in [4.69, 9.17) is 9.47 Å². The second-order valence-electron chi connectivity index (χ2n) is 4.25. The molecule has 0 aromatic rings. The maximum absolute atomic E-state index is 5.66. The van der Waals surface area contributed by atoms with Crippen LogP contribution in [0.5, 0.6) is 0 Å². The maximum atomic E-state index is 5.66. The molecule has 1 heterocycles. The molecule has 0 N–H and O–H groups in total. The lowest BCUT2D eigenvalue weighted by Crippen LogP contribution is -2.12. The zero-order valence-corrected chi connectivity index (χ0v) is 9.63. The number of hydrogen-bond donors (Lipinski definition) is 0. The second-order valence-corrected chi connectivity index (χ2v) is 4.25. The SMILES string of the molecule is CCCCCOCC(CC)CC1CO1. The molecule has 84 valence electrons. The summed E-state index contributed by atoms with van der Waals surface area (Å²) in [4.78, 5) is 0. The first-order chi connectivity index (χ1) is 6.86. The fourth-order valence-electron chi connectivity index (χ4n) is 1.63.